The molecule has 2 aromatic rings. The molecule has 1 amide bonds. The molecule has 2 N–H and O–H groups in total. The Kier molecular flexibility index (Phi) is 4.54. The van der Waals surface area contributed by atoms with E-state index in [-0.39, 0.29) is 12.5 Å². The second-order valence-electron chi connectivity index (χ2n) is 4.05. The molecule has 2 rings (SSSR count). The third kappa shape index (κ3) is 4.46. The molecule has 7 heteroatoms. The van der Waals surface area contributed by atoms with E-state index in [1.807, 2.05) is 0 Å². The highest BCUT2D eigenvalue weighted by Gasteiger charge is 2.05. The Labute approximate surface area is 110 Å². The van der Waals surface area contributed by atoms with Crippen LogP contribution in [0.2, 0.25) is 0 Å². The molecule has 0 fully saturated rings. The van der Waals surface area contributed by atoms with Crippen LogP contribution < -0.4 is 10.1 Å². The summed E-state index contributed by atoms with van der Waals surface area (Å²) in [7, 11) is 0. The summed E-state index contributed by atoms with van der Waals surface area (Å²) in [5, 5.41) is 6.39. The predicted octanol–water partition coefficient (Wildman–Crippen LogP) is 0.834. The van der Waals surface area contributed by atoms with Crippen molar-refractivity contribution in [2.24, 2.45) is 0 Å². The molecule has 0 aliphatic carbocycles. The van der Waals surface area contributed by atoms with Crippen LogP contribution in [0.1, 0.15) is 18.0 Å². The molecule has 0 spiro atoms. The number of ether oxygens (including phenoxy) is 1. The molecular formula is C12H16N4O3. The number of H-pyrrole nitrogens is 1. The molecule has 102 valence electrons. The first-order chi connectivity index (χ1) is 9.24. The van der Waals surface area contributed by atoms with Gasteiger partial charge in [0.2, 0.25) is 0 Å². The van der Waals surface area contributed by atoms with Crippen molar-refractivity contribution in [1.82, 2.24) is 20.4 Å². The van der Waals surface area contributed by atoms with Crippen molar-refractivity contribution in [1.29, 1.82) is 0 Å². The summed E-state index contributed by atoms with van der Waals surface area (Å²) >= 11 is 0. The number of imidazole rings is 1. The number of carbonyl (C=O) groups excluding carboxylic acids is 1. The van der Waals surface area contributed by atoms with Crippen LogP contribution in [0.4, 0.5) is 0 Å². The van der Waals surface area contributed by atoms with Gasteiger partial charge in [0.05, 0.1) is 0 Å². The van der Waals surface area contributed by atoms with E-state index in [4.69, 9.17) is 9.26 Å². The summed E-state index contributed by atoms with van der Waals surface area (Å²) in [5.41, 5.74) is 0. The van der Waals surface area contributed by atoms with Crippen LogP contribution in [0, 0.1) is 6.92 Å². The zero-order valence-corrected chi connectivity index (χ0v) is 10.7. The Morgan fingerprint density at radius 1 is 1.58 bits per heavy atom. The van der Waals surface area contributed by atoms with Crippen molar-refractivity contribution in [3.05, 3.63) is 30.0 Å². The number of nitrogens with zero attached hydrogens (tertiary/aromatic N) is 2. The zero-order valence-electron chi connectivity index (χ0n) is 10.7. The van der Waals surface area contributed by atoms with E-state index in [1.165, 1.54) is 0 Å². The van der Waals surface area contributed by atoms with Crippen molar-refractivity contribution in [3.63, 3.8) is 0 Å². The average molecular weight is 264 g/mol. The second-order valence-corrected chi connectivity index (χ2v) is 4.05. The smallest absolute Gasteiger partial charge is 0.258 e. The summed E-state index contributed by atoms with van der Waals surface area (Å²) in [4.78, 5) is 18.6. The van der Waals surface area contributed by atoms with Gasteiger partial charge in [0.25, 0.3) is 11.8 Å². The Balaban J connectivity index is 1.57. The van der Waals surface area contributed by atoms with Crippen LogP contribution in [-0.4, -0.2) is 34.2 Å². The average Bonchev–Trinajstić information content (AvgIpc) is 3.03. The van der Waals surface area contributed by atoms with Gasteiger partial charge in [-0.1, -0.05) is 0 Å². The number of hydrogen-bond acceptors (Lipinski definition) is 5. The molecular weight excluding hydrogens is 248 g/mol. The summed E-state index contributed by atoms with van der Waals surface area (Å²) in [6, 6.07) is 1.63. The fourth-order valence-electron chi connectivity index (χ4n) is 1.52. The fourth-order valence-corrected chi connectivity index (χ4v) is 1.52. The lowest BCUT2D eigenvalue weighted by Crippen LogP contribution is -2.30. The number of aromatic amines is 1. The monoisotopic (exact) mass is 264 g/mol. The highest BCUT2D eigenvalue weighted by Crippen LogP contribution is 2.09. The molecule has 19 heavy (non-hydrogen) atoms. The fraction of sp³-hybridized carbons (Fsp3) is 0.417. The Hall–Kier alpha value is -2.31. The van der Waals surface area contributed by atoms with Gasteiger partial charge in [0, 0.05) is 31.4 Å². The van der Waals surface area contributed by atoms with E-state index >= 15 is 0 Å². The Bertz CT molecular complexity index is 507. The Morgan fingerprint density at radius 2 is 2.47 bits per heavy atom. The van der Waals surface area contributed by atoms with Gasteiger partial charge in [-0.15, -0.1) is 0 Å². The molecule has 0 unspecified atom stereocenters. The molecule has 0 saturated carbocycles. The minimum Gasteiger partial charge on any atom is -0.465 e. The number of rotatable bonds is 7. The highest BCUT2D eigenvalue weighted by molar-refractivity contribution is 5.77. The number of aromatic nitrogens is 3. The maximum atomic E-state index is 11.5. The van der Waals surface area contributed by atoms with Gasteiger partial charge in [-0.25, -0.2) is 4.98 Å². The van der Waals surface area contributed by atoms with Crippen molar-refractivity contribution in [3.8, 4) is 5.88 Å². The highest BCUT2D eigenvalue weighted by atomic mass is 16.5. The summed E-state index contributed by atoms with van der Waals surface area (Å²) in [6.07, 6.45) is 5.11. The number of carbonyl (C=O) groups is 1. The van der Waals surface area contributed by atoms with Crippen LogP contribution in [0.5, 0.6) is 5.88 Å². The largest absolute Gasteiger partial charge is 0.465 e. The standard InChI is InChI=1S/C12H16N4O3/c1-9-7-12(16-19-9)18-8-11(17)15-4-2-3-10-13-5-6-14-10/h5-7H,2-4,8H2,1H3,(H,13,14)(H,15,17). The van der Waals surface area contributed by atoms with E-state index in [1.54, 1.807) is 25.4 Å². The summed E-state index contributed by atoms with van der Waals surface area (Å²) in [6.45, 7) is 2.28. The molecule has 2 aromatic heterocycles. The van der Waals surface area contributed by atoms with Gasteiger partial charge in [0.15, 0.2) is 6.61 Å². The van der Waals surface area contributed by atoms with Crippen molar-refractivity contribution in [2.75, 3.05) is 13.2 Å². The molecule has 0 radical (unpaired) electrons. The molecule has 0 saturated heterocycles. The number of amides is 1. The minimum absolute atomic E-state index is 0.0628. The molecule has 0 bridgehead atoms. The van der Waals surface area contributed by atoms with Gasteiger partial charge in [0.1, 0.15) is 11.6 Å². The topological polar surface area (TPSA) is 93.0 Å². The van der Waals surface area contributed by atoms with Crippen LogP contribution in [-0.2, 0) is 11.2 Å². The van der Waals surface area contributed by atoms with Gasteiger partial charge >= 0.3 is 0 Å². The van der Waals surface area contributed by atoms with Gasteiger partial charge < -0.3 is 19.6 Å². The first kappa shape index (κ1) is 13.1. The minimum atomic E-state index is -0.180. The first-order valence-electron chi connectivity index (χ1n) is 6.05. The van der Waals surface area contributed by atoms with Crippen molar-refractivity contribution >= 4 is 5.91 Å². The third-order valence-corrected chi connectivity index (χ3v) is 2.42. The van der Waals surface area contributed by atoms with E-state index in [2.05, 4.69) is 20.4 Å². The van der Waals surface area contributed by atoms with Crippen LogP contribution in [0.25, 0.3) is 0 Å². The molecule has 0 aliphatic heterocycles. The van der Waals surface area contributed by atoms with Crippen molar-refractivity contribution < 1.29 is 14.1 Å². The number of hydrogen-bond donors (Lipinski definition) is 2. The molecule has 0 atom stereocenters. The van der Waals surface area contributed by atoms with E-state index in [0.29, 0.717) is 18.2 Å². The van der Waals surface area contributed by atoms with E-state index in [9.17, 15) is 4.79 Å². The molecule has 7 nitrogen and oxygen atoms in total. The molecule has 0 aliphatic rings. The SMILES string of the molecule is Cc1cc(OCC(=O)NCCCc2ncc[nH]2)no1. The van der Waals surface area contributed by atoms with Gasteiger partial charge in [-0.3, -0.25) is 4.79 Å². The lowest BCUT2D eigenvalue weighted by molar-refractivity contribution is -0.123. The zero-order chi connectivity index (χ0) is 13.5. The maximum absolute atomic E-state index is 11.5. The first-order valence-corrected chi connectivity index (χ1v) is 6.05. The summed E-state index contributed by atoms with van der Waals surface area (Å²) in [5.74, 6) is 1.71. The second kappa shape index (κ2) is 6.58. The third-order valence-electron chi connectivity index (χ3n) is 2.42. The van der Waals surface area contributed by atoms with E-state index in [0.717, 1.165) is 18.7 Å². The van der Waals surface area contributed by atoms with Gasteiger partial charge in [-0.05, 0) is 18.5 Å². The Morgan fingerprint density at radius 3 is 3.16 bits per heavy atom. The van der Waals surface area contributed by atoms with E-state index < -0.39 is 0 Å². The maximum Gasteiger partial charge on any atom is 0.258 e. The molecule has 0 aromatic carbocycles. The van der Waals surface area contributed by atoms with Crippen molar-refractivity contribution in [2.45, 2.75) is 19.8 Å². The normalized spacial score (nSPS) is 10.4. The van der Waals surface area contributed by atoms with Gasteiger partial charge in [-0.2, -0.15) is 0 Å². The van der Waals surface area contributed by atoms with Crippen LogP contribution in [0.3, 0.4) is 0 Å². The molecule has 2 heterocycles. The van der Waals surface area contributed by atoms with Crippen LogP contribution in [0.15, 0.2) is 23.0 Å². The number of nitrogens with one attached hydrogen (secondary N) is 2. The predicted molar refractivity (Wildman–Crippen MR) is 66.7 cm³/mol. The number of aryl methyl sites for hydroxylation is 2. The lowest BCUT2D eigenvalue weighted by Gasteiger charge is -2.04. The van der Waals surface area contributed by atoms with Crippen LogP contribution >= 0.6 is 0 Å². The quantitative estimate of drug-likeness (QED) is 0.723. The lowest BCUT2D eigenvalue weighted by atomic mass is 10.3. The summed E-state index contributed by atoms with van der Waals surface area (Å²) < 4.78 is 9.98.